The summed E-state index contributed by atoms with van der Waals surface area (Å²) in [6.45, 7) is 1.37. The van der Waals surface area contributed by atoms with Crippen LogP contribution in [0.5, 0.6) is 5.75 Å². The summed E-state index contributed by atoms with van der Waals surface area (Å²) in [6, 6.07) is 4.54. The van der Waals surface area contributed by atoms with Gasteiger partial charge in [0.2, 0.25) is 5.91 Å². The van der Waals surface area contributed by atoms with Crippen molar-refractivity contribution in [3.8, 4) is 5.75 Å². The lowest BCUT2D eigenvalue weighted by Crippen LogP contribution is -2.37. The van der Waals surface area contributed by atoms with E-state index in [4.69, 9.17) is 4.74 Å². The molecule has 1 N–H and O–H groups in total. The first-order valence-electron chi connectivity index (χ1n) is 4.69. The molecule has 16 heavy (non-hydrogen) atoms. The quantitative estimate of drug-likeness (QED) is 0.789. The van der Waals surface area contributed by atoms with Crippen LogP contribution in [-0.2, 0) is 14.6 Å². The topological polar surface area (TPSA) is 72.5 Å². The molecule has 1 aromatic rings. The van der Waals surface area contributed by atoms with E-state index >= 15 is 0 Å². The monoisotopic (exact) mass is 241 g/mol. The lowest BCUT2D eigenvalue weighted by Gasteiger charge is -2.22. The first-order valence-corrected chi connectivity index (χ1v) is 6.24. The standard InChI is InChI=1S/C10H11NO4S/c1-6-10(12)11-8-4-3-7(15-2)5-9(8)16(6,13)14/h3-6H,1-2H3,(H,11,12). The van der Waals surface area contributed by atoms with Crippen LogP contribution in [0.2, 0.25) is 0 Å². The fourth-order valence-corrected chi connectivity index (χ4v) is 2.96. The van der Waals surface area contributed by atoms with Gasteiger partial charge >= 0.3 is 0 Å². The van der Waals surface area contributed by atoms with Crippen molar-refractivity contribution in [2.24, 2.45) is 0 Å². The fraction of sp³-hybridized carbons (Fsp3) is 0.300. The van der Waals surface area contributed by atoms with Crippen LogP contribution in [0.15, 0.2) is 23.1 Å². The van der Waals surface area contributed by atoms with Gasteiger partial charge in [-0.3, -0.25) is 4.79 Å². The van der Waals surface area contributed by atoms with Crippen molar-refractivity contribution in [1.29, 1.82) is 0 Å². The Bertz CT molecular complexity index is 550. The van der Waals surface area contributed by atoms with Crippen molar-refractivity contribution >= 4 is 21.4 Å². The third kappa shape index (κ3) is 1.46. The second-order valence-corrected chi connectivity index (χ2v) is 5.78. The van der Waals surface area contributed by atoms with Crippen LogP contribution in [-0.4, -0.2) is 26.7 Å². The van der Waals surface area contributed by atoms with Gasteiger partial charge in [-0.05, 0) is 19.1 Å². The van der Waals surface area contributed by atoms with E-state index in [-0.39, 0.29) is 4.90 Å². The van der Waals surface area contributed by atoms with Gasteiger partial charge in [-0.2, -0.15) is 0 Å². The van der Waals surface area contributed by atoms with Crippen molar-refractivity contribution in [3.05, 3.63) is 18.2 Å². The van der Waals surface area contributed by atoms with Gasteiger partial charge in [0.15, 0.2) is 9.84 Å². The van der Waals surface area contributed by atoms with Crippen LogP contribution < -0.4 is 10.1 Å². The molecule has 0 aliphatic carbocycles. The lowest BCUT2D eigenvalue weighted by atomic mass is 10.3. The highest BCUT2D eigenvalue weighted by Crippen LogP contribution is 2.32. The van der Waals surface area contributed by atoms with E-state index in [9.17, 15) is 13.2 Å². The molecule has 1 heterocycles. The number of rotatable bonds is 1. The maximum absolute atomic E-state index is 12.0. The van der Waals surface area contributed by atoms with Crippen LogP contribution in [0.25, 0.3) is 0 Å². The van der Waals surface area contributed by atoms with E-state index in [0.717, 1.165) is 0 Å². The third-order valence-electron chi connectivity index (χ3n) is 2.59. The molecule has 2 rings (SSSR count). The summed E-state index contributed by atoms with van der Waals surface area (Å²) >= 11 is 0. The normalized spacial score (nSPS) is 22.1. The number of anilines is 1. The zero-order valence-electron chi connectivity index (χ0n) is 8.85. The number of nitrogens with one attached hydrogen (secondary N) is 1. The maximum atomic E-state index is 12.0. The van der Waals surface area contributed by atoms with Gasteiger partial charge in [0.05, 0.1) is 17.7 Å². The predicted octanol–water partition coefficient (Wildman–Crippen LogP) is 0.809. The van der Waals surface area contributed by atoms with Gasteiger partial charge < -0.3 is 10.1 Å². The van der Waals surface area contributed by atoms with Crippen LogP contribution >= 0.6 is 0 Å². The van der Waals surface area contributed by atoms with Crippen LogP contribution in [0, 0.1) is 0 Å². The molecule has 0 fully saturated rings. The van der Waals surface area contributed by atoms with Gasteiger partial charge in [-0.15, -0.1) is 0 Å². The number of ether oxygens (including phenoxy) is 1. The Labute approximate surface area is 93.3 Å². The molecule has 1 aliphatic rings. The number of sulfone groups is 1. The van der Waals surface area contributed by atoms with Crippen molar-refractivity contribution in [3.63, 3.8) is 0 Å². The molecule has 1 amide bonds. The first kappa shape index (κ1) is 10.9. The molecule has 0 aromatic heterocycles. The van der Waals surface area contributed by atoms with Gasteiger partial charge in [-0.1, -0.05) is 0 Å². The number of hydrogen-bond donors (Lipinski definition) is 1. The van der Waals surface area contributed by atoms with Crippen molar-refractivity contribution < 1.29 is 17.9 Å². The van der Waals surface area contributed by atoms with Crippen molar-refractivity contribution in [2.75, 3.05) is 12.4 Å². The Morgan fingerprint density at radius 2 is 2.06 bits per heavy atom. The van der Waals surface area contributed by atoms with Crippen LogP contribution in [0.3, 0.4) is 0 Å². The highest BCUT2D eigenvalue weighted by molar-refractivity contribution is 7.93. The van der Waals surface area contributed by atoms with Gasteiger partial charge in [0.25, 0.3) is 0 Å². The number of hydrogen-bond acceptors (Lipinski definition) is 4. The maximum Gasteiger partial charge on any atom is 0.242 e. The minimum absolute atomic E-state index is 0.110. The van der Waals surface area contributed by atoms with E-state index in [1.807, 2.05) is 0 Å². The number of benzene rings is 1. The molecule has 0 saturated carbocycles. The average Bonchev–Trinajstić information content (AvgIpc) is 2.26. The lowest BCUT2D eigenvalue weighted by molar-refractivity contribution is -0.115. The van der Waals surface area contributed by atoms with Crippen molar-refractivity contribution in [2.45, 2.75) is 17.1 Å². The molecule has 86 valence electrons. The summed E-state index contributed by atoms with van der Waals surface area (Å²) in [4.78, 5) is 11.5. The Hall–Kier alpha value is -1.56. The Balaban J connectivity index is 2.67. The van der Waals surface area contributed by atoms with E-state index < -0.39 is 21.0 Å². The number of fused-ring (bicyclic) bond motifs is 1. The Morgan fingerprint density at radius 3 is 2.69 bits per heavy atom. The third-order valence-corrected chi connectivity index (χ3v) is 4.68. The van der Waals surface area contributed by atoms with Gasteiger partial charge in [0.1, 0.15) is 11.0 Å². The van der Waals surface area contributed by atoms with Crippen LogP contribution in [0.4, 0.5) is 5.69 Å². The summed E-state index contributed by atoms with van der Waals surface area (Å²) in [5.74, 6) is -0.0525. The molecular weight excluding hydrogens is 230 g/mol. The van der Waals surface area contributed by atoms with Gasteiger partial charge in [0, 0.05) is 6.07 Å². The molecule has 0 bridgehead atoms. The highest BCUT2D eigenvalue weighted by atomic mass is 32.2. The SMILES string of the molecule is COc1ccc2c(c1)S(=O)(=O)C(C)C(=O)N2. The van der Waals surface area contributed by atoms with Crippen LogP contribution in [0.1, 0.15) is 6.92 Å². The average molecular weight is 241 g/mol. The van der Waals surface area contributed by atoms with E-state index in [1.54, 1.807) is 6.07 Å². The molecule has 5 nitrogen and oxygen atoms in total. The molecule has 6 heteroatoms. The minimum atomic E-state index is -3.59. The summed E-state index contributed by atoms with van der Waals surface area (Å²) in [6.07, 6.45) is 0. The fourth-order valence-electron chi connectivity index (χ4n) is 1.53. The summed E-state index contributed by atoms with van der Waals surface area (Å²) in [5.41, 5.74) is 0.309. The van der Waals surface area contributed by atoms with E-state index in [0.29, 0.717) is 11.4 Å². The molecular formula is C10H11NO4S. The summed E-state index contributed by atoms with van der Waals surface area (Å²) in [7, 11) is -2.14. The minimum Gasteiger partial charge on any atom is -0.497 e. The van der Waals surface area contributed by atoms with Gasteiger partial charge in [-0.25, -0.2) is 8.42 Å². The highest BCUT2D eigenvalue weighted by Gasteiger charge is 2.36. The number of carbonyl (C=O) groups is 1. The molecule has 1 atom stereocenters. The Morgan fingerprint density at radius 1 is 1.38 bits per heavy atom. The smallest absolute Gasteiger partial charge is 0.242 e. The zero-order chi connectivity index (χ0) is 11.9. The molecule has 0 spiro atoms. The second-order valence-electron chi connectivity index (χ2n) is 3.54. The summed E-state index contributed by atoms with van der Waals surface area (Å²) < 4.78 is 28.9. The summed E-state index contributed by atoms with van der Waals surface area (Å²) in [5, 5.41) is 1.48. The van der Waals surface area contributed by atoms with Crippen molar-refractivity contribution in [1.82, 2.24) is 0 Å². The Kier molecular flexibility index (Phi) is 2.38. The molecule has 1 aliphatic heterocycles. The zero-order valence-corrected chi connectivity index (χ0v) is 9.67. The molecule has 0 saturated heterocycles. The number of amides is 1. The molecule has 0 radical (unpaired) electrons. The second kappa shape index (κ2) is 3.48. The number of methoxy groups -OCH3 is 1. The number of carbonyl (C=O) groups excluding carboxylic acids is 1. The largest absolute Gasteiger partial charge is 0.497 e. The van der Waals surface area contributed by atoms with E-state index in [2.05, 4.69) is 5.32 Å². The molecule has 1 aromatic carbocycles. The van der Waals surface area contributed by atoms with E-state index in [1.165, 1.54) is 26.2 Å². The predicted molar refractivity (Wildman–Crippen MR) is 58.3 cm³/mol. The first-order chi connectivity index (χ1) is 7.46. The molecule has 1 unspecified atom stereocenters.